The third-order valence-corrected chi connectivity index (χ3v) is 23.1. The monoisotopic (exact) mass is 1740 g/mol. The molecule has 8 heterocycles. The SMILES string of the molecule is CCOC(=O)Cc1nc2ccc(-c3ccnc(F)c3)cc2s1.CCOC(=O)Cc1nc2ccc(Br)cc2s1.CS(=O)(=O)CCN.CS(=O)(=O)CCNC(=O)C(c1nc2ccc(-c3ccnc(F)c3)cc2s1)S(C)(=O)=O.CS(=O)(=O)CCNC(=O)Cc1nc2ccc(-c3ccnc(F)c3)cc2s1.O[B]Oc1ccnc(F)c1. The van der Waals surface area contributed by atoms with E-state index in [1.807, 2.05) is 54.6 Å². The summed E-state index contributed by atoms with van der Waals surface area (Å²) in [5.74, 6) is -4.02. The van der Waals surface area contributed by atoms with Crippen LogP contribution in [0.2, 0.25) is 0 Å². The second-order valence-corrected chi connectivity index (χ2v) is 37.6. The minimum absolute atomic E-state index is 0.0717. The Morgan fingerprint density at radius 1 is 0.486 bits per heavy atom. The molecule has 0 aliphatic rings. The van der Waals surface area contributed by atoms with E-state index < -0.39 is 74.3 Å². The largest absolute Gasteiger partial charge is 0.569 e. The van der Waals surface area contributed by atoms with Gasteiger partial charge in [-0.05, 0) is 126 Å². The van der Waals surface area contributed by atoms with E-state index >= 15 is 0 Å². The van der Waals surface area contributed by atoms with Gasteiger partial charge in [0.15, 0.2) is 15.1 Å². The van der Waals surface area contributed by atoms with Gasteiger partial charge in [-0.3, -0.25) is 19.2 Å². The quantitative estimate of drug-likeness (QED) is 0.0189. The zero-order chi connectivity index (χ0) is 81.2. The van der Waals surface area contributed by atoms with Gasteiger partial charge >= 0.3 is 19.6 Å². The first kappa shape index (κ1) is 88.9. The summed E-state index contributed by atoms with van der Waals surface area (Å²) < 4.78 is 160. The average molecular weight is 1740 g/mol. The lowest BCUT2D eigenvalue weighted by molar-refractivity contribution is -0.143. The summed E-state index contributed by atoms with van der Waals surface area (Å²) in [6.45, 7) is 4.45. The molecule has 4 aromatic carbocycles. The fourth-order valence-corrected chi connectivity index (χ4v) is 16.8. The molecule has 5 N–H and O–H groups in total. The minimum atomic E-state index is -3.87. The highest BCUT2D eigenvalue weighted by Crippen LogP contribution is 2.35. The summed E-state index contributed by atoms with van der Waals surface area (Å²) in [4.78, 5) is 78.6. The van der Waals surface area contributed by atoms with Crippen LogP contribution in [0.15, 0.2) is 151 Å². The summed E-state index contributed by atoms with van der Waals surface area (Å²) in [5.41, 5.74) is 12.4. The van der Waals surface area contributed by atoms with Crippen LogP contribution >= 0.6 is 61.3 Å². The van der Waals surface area contributed by atoms with E-state index in [1.54, 1.807) is 50.2 Å². The maximum absolute atomic E-state index is 13.4. The molecule has 12 rings (SSSR count). The molecule has 27 nitrogen and oxygen atoms in total. The first-order valence-corrected chi connectivity index (χ1v) is 44.8. The van der Waals surface area contributed by atoms with Crippen molar-refractivity contribution in [3.8, 4) is 39.1 Å². The number of hydrogen-bond donors (Lipinski definition) is 4. The number of nitrogens with zero attached hydrogens (tertiary/aromatic N) is 8. The van der Waals surface area contributed by atoms with Gasteiger partial charge in [0.05, 0.1) is 90.6 Å². The zero-order valence-corrected chi connectivity index (χ0v) is 67.8. The van der Waals surface area contributed by atoms with Crippen LogP contribution in [0.1, 0.15) is 39.1 Å². The number of rotatable bonds is 24. The van der Waals surface area contributed by atoms with Gasteiger partial charge in [0.2, 0.25) is 35.6 Å². The summed E-state index contributed by atoms with van der Waals surface area (Å²) in [6, 6.07) is 33.9. The Morgan fingerprint density at radius 3 is 1.23 bits per heavy atom. The number of amides is 2. The summed E-state index contributed by atoms with van der Waals surface area (Å²) in [5, 5.41) is 13.7. The molecule has 1 unspecified atom stereocenters. The maximum Gasteiger partial charge on any atom is 0.569 e. The number of nitrogens with one attached hydrogen (secondary N) is 2. The van der Waals surface area contributed by atoms with Crippen LogP contribution in [0.4, 0.5) is 17.6 Å². The predicted molar refractivity (Wildman–Crippen MR) is 425 cm³/mol. The Balaban J connectivity index is 0.000000194. The van der Waals surface area contributed by atoms with E-state index in [0.29, 0.717) is 57.8 Å². The first-order chi connectivity index (χ1) is 52.5. The molecule has 41 heteroatoms. The van der Waals surface area contributed by atoms with Gasteiger partial charge in [0.25, 0.3) is 0 Å². The molecule has 8 aromatic heterocycles. The zero-order valence-electron chi connectivity index (χ0n) is 59.7. The highest BCUT2D eigenvalue weighted by molar-refractivity contribution is 9.10. The molecule has 0 spiro atoms. The van der Waals surface area contributed by atoms with Crippen molar-refractivity contribution < 1.29 is 89.6 Å². The highest BCUT2D eigenvalue weighted by Gasteiger charge is 2.34. The van der Waals surface area contributed by atoms with Crippen molar-refractivity contribution in [2.75, 3.05) is 75.1 Å². The Labute approximate surface area is 660 Å². The Bertz CT molecular complexity index is 5730. The van der Waals surface area contributed by atoms with Crippen molar-refractivity contribution in [2.24, 2.45) is 5.73 Å². The van der Waals surface area contributed by atoms with E-state index in [-0.39, 0.29) is 84.8 Å². The van der Waals surface area contributed by atoms with Crippen molar-refractivity contribution in [1.29, 1.82) is 0 Å². The molecular formula is C70H70BBrF4N11O16S8. The molecule has 0 bridgehead atoms. The van der Waals surface area contributed by atoms with Crippen molar-refractivity contribution in [3.63, 3.8) is 0 Å². The minimum Gasteiger partial charge on any atom is -0.537 e. The molecule has 1 atom stereocenters. The average Bonchev–Trinajstić information content (AvgIpc) is 2.43. The Morgan fingerprint density at radius 2 is 0.856 bits per heavy atom. The van der Waals surface area contributed by atoms with Crippen molar-refractivity contribution in [2.45, 2.75) is 38.4 Å². The molecule has 0 aliphatic heterocycles. The van der Waals surface area contributed by atoms with Gasteiger partial charge in [0.1, 0.15) is 55.3 Å². The molecule has 2 amide bonds. The fraction of sp³-hybridized carbons (Fsp3) is 0.257. The number of pyridine rings is 4. The van der Waals surface area contributed by atoms with E-state index in [4.69, 9.17) is 20.2 Å². The number of aromatic nitrogens is 8. The van der Waals surface area contributed by atoms with E-state index in [0.717, 1.165) is 93.0 Å². The molecule has 0 aliphatic carbocycles. The molecule has 12 aromatic rings. The highest BCUT2D eigenvalue weighted by atomic mass is 79.9. The molecule has 0 saturated heterocycles. The van der Waals surface area contributed by atoms with Crippen LogP contribution in [0, 0.1) is 23.8 Å². The van der Waals surface area contributed by atoms with Crippen molar-refractivity contribution >= 4 is 173 Å². The second kappa shape index (κ2) is 41.8. The van der Waals surface area contributed by atoms with Gasteiger partial charge in [-0.25, -0.2) is 73.5 Å². The van der Waals surface area contributed by atoms with Crippen molar-refractivity contribution in [1.82, 2.24) is 50.5 Å². The number of carbonyl (C=O) groups is 4. The molecule has 587 valence electrons. The number of halogens is 5. The van der Waals surface area contributed by atoms with Gasteiger partial charge < -0.3 is 35.5 Å². The van der Waals surface area contributed by atoms with Gasteiger partial charge in [-0.15, -0.1) is 45.3 Å². The van der Waals surface area contributed by atoms with Gasteiger partial charge in [-0.2, -0.15) is 17.6 Å². The van der Waals surface area contributed by atoms with E-state index in [2.05, 4.69) is 71.1 Å². The lowest BCUT2D eigenvalue weighted by Crippen LogP contribution is -2.36. The van der Waals surface area contributed by atoms with Crippen molar-refractivity contribution in [3.05, 3.63) is 194 Å². The lowest BCUT2D eigenvalue weighted by atomic mass is 10.1. The van der Waals surface area contributed by atoms with Gasteiger partial charge in [0, 0.05) is 98.2 Å². The normalized spacial score (nSPS) is 11.5. The number of thiazole rings is 4. The second-order valence-electron chi connectivity index (χ2n) is 23.3. The molecule has 0 saturated carbocycles. The third kappa shape index (κ3) is 30.4. The molecule has 1 radical (unpaired) electrons. The summed E-state index contributed by atoms with van der Waals surface area (Å²) in [7, 11) is -12.6. The number of hydrogen-bond acceptors (Lipinski definition) is 29. The third-order valence-electron chi connectivity index (χ3n) is 14.2. The predicted octanol–water partition coefficient (Wildman–Crippen LogP) is 9.83. The summed E-state index contributed by atoms with van der Waals surface area (Å²) in [6.07, 6.45) is 10.2. The summed E-state index contributed by atoms with van der Waals surface area (Å²) >= 11 is 8.78. The molecular weight excluding hydrogens is 1670 g/mol. The number of carbonyl (C=O) groups excluding carboxylic acids is 4. The van der Waals surface area contributed by atoms with Crippen LogP contribution in [0.3, 0.4) is 0 Å². The van der Waals surface area contributed by atoms with Crippen LogP contribution in [-0.4, -0.2) is 185 Å². The Kier molecular flexibility index (Phi) is 33.5. The van der Waals surface area contributed by atoms with Crippen LogP contribution in [-0.2, 0) is 87.3 Å². The number of esters is 2. The lowest BCUT2D eigenvalue weighted by Gasteiger charge is -2.12. The van der Waals surface area contributed by atoms with E-state index in [9.17, 15) is 70.4 Å². The smallest absolute Gasteiger partial charge is 0.537 e. The van der Waals surface area contributed by atoms with Crippen LogP contribution in [0.5, 0.6) is 5.75 Å². The fourth-order valence-electron chi connectivity index (χ4n) is 9.38. The van der Waals surface area contributed by atoms with E-state index in [1.165, 1.54) is 89.3 Å². The molecule has 111 heavy (non-hydrogen) atoms. The number of sulfone groups is 4. The van der Waals surface area contributed by atoms with Crippen LogP contribution < -0.4 is 21.0 Å². The number of fused-ring (bicyclic) bond motifs is 4. The number of ether oxygens (including phenoxy) is 2. The first-order valence-electron chi connectivity index (χ1n) is 32.6. The van der Waals surface area contributed by atoms with Crippen LogP contribution in [0.25, 0.3) is 74.2 Å². The number of benzene rings is 4. The molecule has 0 fully saturated rings. The Hall–Kier alpha value is -9.30. The topological polar surface area (TPSA) is 406 Å². The standard InChI is InChI=1S/C18H18FN3O5S3.C17H16FN3O3S2.C16H13FN2O2S.C11H10BrNO2S.C5H4BFNO2.C3H9NO2S/c1-29(24,25)8-7-21-17(23)16(30(2,26)27)18-22-13-4-3-11(9-14(13)28-18)12-5-6-20-15(19)10-12;1-26(23,24)7-6-20-16(22)10-17-21-13-3-2-11(8-14(13)25-17)12-4-5-19-15(18)9-12;1-2-21-16(20)9-15-19-12-4-3-10(7-13(12)22-15)11-5-6-18-14(17)8-11;1-2-15-11(14)6-10-13-8-4-3-7(12)5-9(8)16-10;7-5-3-4(10-6-9)1-2-8-5;1-7(5,6)3-2-4/h3-6,9-10,16H,7-8H2,1-2H3,(H,21,23);2-5,8-9H,6-7,10H2,1H3,(H,20,22);3-8H,2,9H2,1H3;3-5H,2,6H2,1H3;1-3,9H;2-4H2,1H3. The van der Waals surface area contributed by atoms with Gasteiger partial charge in [-0.1, -0.05) is 34.1 Å². The number of nitrogens with two attached hydrogens (primary N) is 1. The maximum atomic E-state index is 13.4.